The van der Waals surface area contributed by atoms with Gasteiger partial charge in [-0.25, -0.2) is 0 Å². The Morgan fingerprint density at radius 2 is 1.45 bits per heavy atom. The van der Waals surface area contributed by atoms with Crippen molar-refractivity contribution in [3.8, 4) is 16.8 Å². The highest BCUT2D eigenvalue weighted by molar-refractivity contribution is 9.10. The molecule has 0 fully saturated rings. The molecule has 0 atom stereocenters. The standard InChI is InChI=1S/C27H20BrN/c1-27(2)22-11-7-6-10-19(22)20-13-15-24-25(26(20)27)21-16-17(28)12-14-23(21)29(24)18-8-4-3-5-9-18/h3-16H,1-2H3. The maximum atomic E-state index is 3.71. The summed E-state index contributed by atoms with van der Waals surface area (Å²) in [6.45, 7) is 4.72. The fourth-order valence-electron chi connectivity index (χ4n) is 5.21. The SMILES string of the molecule is CC1(C)c2ccccc2-c2ccc3c(c21)c1cc(Br)ccc1n3-c1ccccc1. The van der Waals surface area contributed by atoms with Gasteiger partial charge in [-0.1, -0.05) is 78.3 Å². The number of aromatic nitrogens is 1. The molecule has 0 N–H and O–H groups in total. The zero-order chi connectivity index (χ0) is 19.8. The molecule has 0 unspecified atom stereocenters. The molecule has 1 nitrogen and oxygen atoms in total. The topological polar surface area (TPSA) is 4.93 Å². The van der Waals surface area contributed by atoms with Crippen molar-refractivity contribution in [2.75, 3.05) is 0 Å². The van der Waals surface area contributed by atoms with E-state index in [4.69, 9.17) is 0 Å². The molecule has 1 aliphatic rings. The predicted octanol–water partition coefficient (Wildman–Crippen LogP) is 7.85. The second kappa shape index (κ2) is 5.84. The Bertz CT molecular complexity index is 1420. The molecule has 5 aromatic rings. The van der Waals surface area contributed by atoms with Crippen molar-refractivity contribution in [3.05, 3.63) is 101 Å². The van der Waals surface area contributed by atoms with Crippen molar-refractivity contribution in [2.45, 2.75) is 19.3 Å². The first kappa shape index (κ1) is 17.1. The van der Waals surface area contributed by atoms with Crippen LogP contribution in [0.1, 0.15) is 25.0 Å². The van der Waals surface area contributed by atoms with E-state index in [-0.39, 0.29) is 5.41 Å². The van der Waals surface area contributed by atoms with Gasteiger partial charge < -0.3 is 4.57 Å². The lowest BCUT2D eigenvalue weighted by Crippen LogP contribution is -2.15. The van der Waals surface area contributed by atoms with E-state index in [1.54, 1.807) is 0 Å². The zero-order valence-electron chi connectivity index (χ0n) is 16.4. The molecule has 1 heterocycles. The largest absolute Gasteiger partial charge is 0.309 e. The number of para-hydroxylation sites is 1. The lowest BCUT2D eigenvalue weighted by atomic mass is 9.80. The van der Waals surface area contributed by atoms with Gasteiger partial charge in [0.15, 0.2) is 0 Å². The van der Waals surface area contributed by atoms with Crippen LogP contribution in [0.15, 0.2) is 89.4 Å². The molecule has 0 bridgehead atoms. The molecule has 6 rings (SSSR count). The fourth-order valence-corrected chi connectivity index (χ4v) is 5.57. The van der Waals surface area contributed by atoms with Crippen LogP contribution in [0.5, 0.6) is 0 Å². The number of fused-ring (bicyclic) bond motifs is 7. The number of benzene rings is 4. The molecule has 1 aromatic heterocycles. The van der Waals surface area contributed by atoms with Gasteiger partial charge in [0.2, 0.25) is 0 Å². The van der Waals surface area contributed by atoms with Crippen LogP contribution in [0.2, 0.25) is 0 Å². The summed E-state index contributed by atoms with van der Waals surface area (Å²) < 4.78 is 3.51. The number of halogens is 1. The van der Waals surface area contributed by atoms with E-state index >= 15 is 0 Å². The Morgan fingerprint density at radius 3 is 2.28 bits per heavy atom. The number of hydrogen-bond acceptors (Lipinski definition) is 0. The van der Waals surface area contributed by atoms with Crippen LogP contribution >= 0.6 is 15.9 Å². The van der Waals surface area contributed by atoms with Gasteiger partial charge in [0, 0.05) is 26.3 Å². The van der Waals surface area contributed by atoms with Gasteiger partial charge in [-0.05, 0) is 58.7 Å². The van der Waals surface area contributed by atoms with E-state index in [1.807, 2.05) is 0 Å². The summed E-state index contributed by atoms with van der Waals surface area (Å²) in [5.41, 5.74) is 9.26. The van der Waals surface area contributed by atoms with Gasteiger partial charge in [-0.3, -0.25) is 0 Å². The normalized spacial score (nSPS) is 14.3. The Morgan fingerprint density at radius 1 is 0.724 bits per heavy atom. The maximum absolute atomic E-state index is 3.71. The van der Waals surface area contributed by atoms with Gasteiger partial charge >= 0.3 is 0 Å². The monoisotopic (exact) mass is 437 g/mol. The number of hydrogen-bond donors (Lipinski definition) is 0. The summed E-state index contributed by atoms with van der Waals surface area (Å²) >= 11 is 3.71. The zero-order valence-corrected chi connectivity index (χ0v) is 18.0. The fraction of sp³-hybridized carbons (Fsp3) is 0.111. The molecular weight excluding hydrogens is 418 g/mol. The van der Waals surface area contributed by atoms with Crippen molar-refractivity contribution >= 4 is 37.7 Å². The van der Waals surface area contributed by atoms with Crippen LogP contribution in [-0.4, -0.2) is 4.57 Å². The Hall–Kier alpha value is -2.84. The van der Waals surface area contributed by atoms with Crippen molar-refractivity contribution < 1.29 is 0 Å². The van der Waals surface area contributed by atoms with E-state index in [2.05, 4.69) is 119 Å². The van der Waals surface area contributed by atoms with Crippen LogP contribution < -0.4 is 0 Å². The molecule has 29 heavy (non-hydrogen) atoms. The van der Waals surface area contributed by atoms with E-state index in [9.17, 15) is 0 Å². The predicted molar refractivity (Wildman–Crippen MR) is 126 cm³/mol. The average Bonchev–Trinajstić information content (AvgIpc) is 3.18. The van der Waals surface area contributed by atoms with Gasteiger partial charge in [-0.2, -0.15) is 0 Å². The van der Waals surface area contributed by atoms with Crippen LogP contribution in [0.25, 0.3) is 38.6 Å². The maximum Gasteiger partial charge on any atom is 0.0544 e. The summed E-state index contributed by atoms with van der Waals surface area (Å²) in [6.07, 6.45) is 0. The molecule has 0 saturated heterocycles. The summed E-state index contributed by atoms with van der Waals surface area (Å²) in [5, 5.41) is 2.67. The van der Waals surface area contributed by atoms with Crippen LogP contribution in [-0.2, 0) is 5.41 Å². The summed E-state index contributed by atoms with van der Waals surface area (Å²) in [5.74, 6) is 0. The molecule has 0 amide bonds. The van der Waals surface area contributed by atoms with Gasteiger partial charge in [0.05, 0.1) is 11.0 Å². The third-order valence-corrected chi connectivity index (χ3v) is 6.92. The second-order valence-electron chi connectivity index (χ2n) is 8.39. The Balaban J connectivity index is 1.84. The van der Waals surface area contributed by atoms with Crippen molar-refractivity contribution in [1.29, 1.82) is 0 Å². The summed E-state index contributed by atoms with van der Waals surface area (Å²) in [4.78, 5) is 0. The first-order valence-corrected chi connectivity index (χ1v) is 10.8. The molecule has 140 valence electrons. The van der Waals surface area contributed by atoms with Gasteiger partial charge in [0.25, 0.3) is 0 Å². The summed E-state index contributed by atoms with van der Waals surface area (Å²) in [6, 6.07) is 30.8. The molecule has 2 heteroatoms. The van der Waals surface area contributed by atoms with Crippen molar-refractivity contribution in [1.82, 2.24) is 4.57 Å². The van der Waals surface area contributed by atoms with E-state index in [0.29, 0.717) is 0 Å². The number of rotatable bonds is 1. The molecule has 0 aliphatic heterocycles. The highest BCUT2D eigenvalue weighted by Crippen LogP contribution is 2.53. The highest BCUT2D eigenvalue weighted by Gasteiger charge is 2.37. The molecular formula is C27H20BrN. The summed E-state index contributed by atoms with van der Waals surface area (Å²) in [7, 11) is 0. The minimum absolute atomic E-state index is 0.0381. The van der Waals surface area contributed by atoms with Crippen LogP contribution in [0, 0.1) is 0 Å². The van der Waals surface area contributed by atoms with E-state index < -0.39 is 0 Å². The van der Waals surface area contributed by atoms with Crippen LogP contribution in [0.3, 0.4) is 0 Å². The molecule has 4 aromatic carbocycles. The molecule has 1 aliphatic carbocycles. The minimum Gasteiger partial charge on any atom is -0.309 e. The highest BCUT2D eigenvalue weighted by atomic mass is 79.9. The van der Waals surface area contributed by atoms with E-state index in [1.165, 1.54) is 49.7 Å². The smallest absolute Gasteiger partial charge is 0.0544 e. The third-order valence-electron chi connectivity index (χ3n) is 6.42. The number of nitrogens with zero attached hydrogens (tertiary/aromatic N) is 1. The van der Waals surface area contributed by atoms with Crippen molar-refractivity contribution in [2.24, 2.45) is 0 Å². The van der Waals surface area contributed by atoms with Crippen molar-refractivity contribution in [3.63, 3.8) is 0 Å². The first-order valence-electron chi connectivity index (χ1n) is 10.00. The van der Waals surface area contributed by atoms with Crippen LogP contribution in [0.4, 0.5) is 0 Å². The first-order chi connectivity index (χ1) is 14.1. The quantitative estimate of drug-likeness (QED) is 0.251. The molecule has 0 spiro atoms. The average molecular weight is 438 g/mol. The Labute approximate surface area is 178 Å². The lowest BCUT2D eigenvalue weighted by molar-refractivity contribution is 0.666. The van der Waals surface area contributed by atoms with E-state index in [0.717, 1.165) is 4.47 Å². The second-order valence-corrected chi connectivity index (χ2v) is 9.30. The Kier molecular flexibility index (Phi) is 3.43. The van der Waals surface area contributed by atoms with Gasteiger partial charge in [-0.15, -0.1) is 0 Å². The lowest BCUT2D eigenvalue weighted by Gasteiger charge is -2.22. The van der Waals surface area contributed by atoms with Gasteiger partial charge in [0.1, 0.15) is 0 Å². The third kappa shape index (κ3) is 2.21. The minimum atomic E-state index is -0.0381. The molecule has 0 radical (unpaired) electrons. The molecule has 0 saturated carbocycles.